The zero-order chi connectivity index (χ0) is 10.1. The van der Waals surface area contributed by atoms with Crippen molar-refractivity contribution in [1.29, 1.82) is 0 Å². The van der Waals surface area contributed by atoms with Gasteiger partial charge in [-0.3, -0.25) is 0 Å². The summed E-state index contributed by atoms with van der Waals surface area (Å²) in [6.45, 7) is 5.84. The van der Waals surface area contributed by atoms with Crippen molar-refractivity contribution in [3.05, 3.63) is 29.8 Å². The first-order chi connectivity index (χ1) is 6.38. The van der Waals surface area contributed by atoms with Gasteiger partial charge in [-0.2, -0.15) is 0 Å². The molecule has 0 amide bonds. The number of hydrogen-bond donors (Lipinski definition) is 1. The minimum Gasteiger partial charge on any atom is -0.387 e. The van der Waals surface area contributed by atoms with E-state index in [4.69, 9.17) is 0 Å². The summed E-state index contributed by atoms with van der Waals surface area (Å²) in [6, 6.07) is 8.00. The first-order valence-electron chi connectivity index (χ1n) is 4.58. The van der Waals surface area contributed by atoms with Gasteiger partial charge in [0, 0.05) is 18.3 Å². The maximum absolute atomic E-state index is 3.08. The van der Waals surface area contributed by atoms with Crippen LogP contribution in [0.2, 0.25) is 0 Å². The topological polar surface area (TPSA) is 12.0 Å². The Kier molecular flexibility index (Phi) is 6.45. The molecule has 0 radical (unpaired) electrons. The van der Waals surface area contributed by atoms with Gasteiger partial charge in [0.2, 0.25) is 0 Å². The van der Waals surface area contributed by atoms with Crippen LogP contribution >= 0.6 is 0 Å². The van der Waals surface area contributed by atoms with E-state index in [1.807, 2.05) is 52.1 Å². The number of rotatable bonds is 1. The second-order valence-electron chi connectivity index (χ2n) is 2.17. The van der Waals surface area contributed by atoms with Crippen molar-refractivity contribution in [3.63, 3.8) is 0 Å². The molecule has 0 unspecified atom stereocenters. The lowest BCUT2D eigenvalue weighted by atomic mass is 10.2. The highest BCUT2D eigenvalue weighted by atomic mass is 14.8. The lowest BCUT2D eigenvalue weighted by molar-refractivity contribution is 1.49. The van der Waals surface area contributed by atoms with Gasteiger partial charge in [-0.15, -0.1) is 5.92 Å². The van der Waals surface area contributed by atoms with Gasteiger partial charge in [0.25, 0.3) is 0 Å². The Labute approximate surface area is 81.2 Å². The first kappa shape index (κ1) is 11.6. The van der Waals surface area contributed by atoms with E-state index in [1.165, 1.54) is 0 Å². The molecule has 1 rings (SSSR count). The van der Waals surface area contributed by atoms with Crippen LogP contribution in [-0.2, 0) is 0 Å². The average molecular weight is 175 g/mol. The molecule has 1 nitrogen and oxygen atoms in total. The lowest BCUT2D eigenvalue weighted by Crippen LogP contribution is -1.90. The van der Waals surface area contributed by atoms with Gasteiger partial charge < -0.3 is 5.32 Å². The fourth-order valence-electron chi connectivity index (χ4n) is 0.945. The number of hydrogen-bond acceptors (Lipinski definition) is 1. The molecular weight excluding hydrogens is 158 g/mol. The van der Waals surface area contributed by atoms with E-state index in [1.54, 1.807) is 0 Å². The summed E-state index contributed by atoms with van der Waals surface area (Å²) in [5.41, 5.74) is 2.14. The molecule has 0 fully saturated rings. The van der Waals surface area contributed by atoms with Crippen LogP contribution in [0.3, 0.4) is 0 Å². The van der Waals surface area contributed by atoms with Crippen LogP contribution in [0.4, 0.5) is 5.69 Å². The Morgan fingerprint density at radius 2 is 1.77 bits per heavy atom. The fraction of sp³-hybridized carbons (Fsp3) is 0.333. The van der Waals surface area contributed by atoms with Gasteiger partial charge in [-0.1, -0.05) is 31.9 Å². The van der Waals surface area contributed by atoms with Crippen molar-refractivity contribution in [2.24, 2.45) is 0 Å². The molecule has 0 saturated heterocycles. The minimum absolute atomic E-state index is 1.05. The molecule has 13 heavy (non-hydrogen) atoms. The number of nitrogens with one attached hydrogen (secondary N) is 1. The zero-order valence-corrected chi connectivity index (χ0v) is 8.81. The number of benzene rings is 1. The lowest BCUT2D eigenvalue weighted by Gasteiger charge is -2.00. The predicted octanol–water partition coefficient (Wildman–Crippen LogP) is 3.13. The van der Waals surface area contributed by atoms with E-state index in [0.29, 0.717) is 0 Å². The second kappa shape index (κ2) is 7.24. The average Bonchev–Trinajstić information content (AvgIpc) is 2.22. The molecule has 0 aliphatic rings. The quantitative estimate of drug-likeness (QED) is 0.647. The Morgan fingerprint density at radius 3 is 2.31 bits per heavy atom. The molecule has 0 aliphatic heterocycles. The summed E-state index contributed by atoms with van der Waals surface area (Å²) in [5, 5.41) is 3.08. The molecule has 70 valence electrons. The molecule has 1 N–H and O–H groups in total. The van der Waals surface area contributed by atoms with Crippen LogP contribution in [0.5, 0.6) is 0 Å². The maximum Gasteiger partial charge on any atom is 0.0496 e. The van der Waals surface area contributed by atoms with E-state index >= 15 is 0 Å². The highest BCUT2D eigenvalue weighted by molar-refractivity contribution is 5.58. The summed E-state index contributed by atoms with van der Waals surface area (Å²) < 4.78 is 0. The summed E-state index contributed by atoms with van der Waals surface area (Å²) in [7, 11) is 1.90. The normalized spacial score (nSPS) is 7.38. The van der Waals surface area contributed by atoms with Crippen molar-refractivity contribution in [1.82, 2.24) is 0 Å². The highest BCUT2D eigenvalue weighted by Crippen LogP contribution is 2.11. The van der Waals surface area contributed by atoms with Crippen molar-refractivity contribution >= 4 is 5.69 Å². The largest absolute Gasteiger partial charge is 0.387 e. The van der Waals surface area contributed by atoms with Gasteiger partial charge in [-0.25, -0.2) is 0 Å². The van der Waals surface area contributed by atoms with Crippen LogP contribution in [-0.4, -0.2) is 7.05 Å². The molecule has 0 aromatic heterocycles. The molecule has 1 aromatic carbocycles. The molecule has 0 bridgehead atoms. The molecule has 1 aromatic rings. The smallest absolute Gasteiger partial charge is 0.0496 e. The first-order valence-corrected chi connectivity index (χ1v) is 4.58. The third-order valence-corrected chi connectivity index (χ3v) is 1.46. The molecule has 0 heterocycles. The van der Waals surface area contributed by atoms with Gasteiger partial charge in [0.05, 0.1) is 0 Å². The third kappa shape index (κ3) is 3.66. The summed E-state index contributed by atoms with van der Waals surface area (Å²) >= 11 is 0. The van der Waals surface area contributed by atoms with Crippen LogP contribution in [0.1, 0.15) is 26.3 Å². The van der Waals surface area contributed by atoms with Crippen LogP contribution in [0.25, 0.3) is 0 Å². The summed E-state index contributed by atoms with van der Waals surface area (Å²) in [5.74, 6) is 5.88. The van der Waals surface area contributed by atoms with E-state index < -0.39 is 0 Å². The van der Waals surface area contributed by atoms with Crippen LogP contribution < -0.4 is 5.32 Å². The highest BCUT2D eigenvalue weighted by Gasteiger charge is 1.92. The van der Waals surface area contributed by atoms with E-state index in [9.17, 15) is 0 Å². The Morgan fingerprint density at radius 1 is 1.15 bits per heavy atom. The molecule has 0 atom stereocenters. The summed E-state index contributed by atoms with van der Waals surface area (Å²) in [6.07, 6.45) is 0. The van der Waals surface area contributed by atoms with Crippen molar-refractivity contribution < 1.29 is 0 Å². The Bertz CT molecular complexity index is 291. The van der Waals surface area contributed by atoms with Gasteiger partial charge in [0.15, 0.2) is 0 Å². The summed E-state index contributed by atoms with van der Waals surface area (Å²) in [4.78, 5) is 0. The molecule has 0 aliphatic carbocycles. The number of para-hydroxylation sites is 1. The Balaban J connectivity index is 0.000000671. The minimum atomic E-state index is 1.05. The standard InChI is InChI=1S/C10H11N.C2H6/c1-3-6-9-7-4-5-8-10(9)11-2;1-2/h4-5,7-8,11H,1-2H3;1-2H3. The molecule has 1 heteroatoms. The van der Waals surface area contributed by atoms with E-state index in [-0.39, 0.29) is 0 Å². The van der Waals surface area contributed by atoms with E-state index in [0.717, 1.165) is 11.3 Å². The van der Waals surface area contributed by atoms with Crippen molar-refractivity contribution in [2.75, 3.05) is 12.4 Å². The third-order valence-electron chi connectivity index (χ3n) is 1.46. The van der Waals surface area contributed by atoms with Gasteiger partial charge in [-0.05, 0) is 19.1 Å². The van der Waals surface area contributed by atoms with Crippen LogP contribution in [0.15, 0.2) is 24.3 Å². The second-order valence-corrected chi connectivity index (χ2v) is 2.17. The van der Waals surface area contributed by atoms with Gasteiger partial charge >= 0.3 is 0 Å². The van der Waals surface area contributed by atoms with Gasteiger partial charge in [0.1, 0.15) is 0 Å². The van der Waals surface area contributed by atoms with E-state index in [2.05, 4.69) is 17.2 Å². The maximum atomic E-state index is 3.08. The van der Waals surface area contributed by atoms with Crippen molar-refractivity contribution in [3.8, 4) is 11.8 Å². The molecule has 0 saturated carbocycles. The number of anilines is 1. The molecular formula is C12H17N. The monoisotopic (exact) mass is 175 g/mol. The predicted molar refractivity (Wildman–Crippen MR) is 59.9 cm³/mol. The SMILES string of the molecule is CC.CC#Cc1ccccc1NC. The fourth-order valence-corrected chi connectivity index (χ4v) is 0.945. The zero-order valence-electron chi connectivity index (χ0n) is 8.81. The van der Waals surface area contributed by atoms with Crippen molar-refractivity contribution in [2.45, 2.75) is 20.8 Å². The Hall–Kier alpha value is -1.42. The molecule has 0 spiro atoms. The van der Waals surface area contributed by atoms with Crippen LogP contribution in [0, 0.1) is 11.8 Å².